The van der Waals surface area contributed by atoms with Gasteiger partial charge < -0.3 is 10.6 Å². The van der Waals surface area contributed by atoms with Crippen LogP contribution in [-0.4, -0.2) is 29.2 Å². The number of rotatable bonds is 7. The first-order valence-corrected chi connectivity index (χ1v) is 9.39. The van der Waals surface area contributed by atoms with Crippen LogP contribution in [0.1, 0.15) is 38.2 Å². The summed E-state index contributed by atoms with van der Waals surface area (Å²) in [5.74, 6) is -0.147. The normalized spacial score (nSPS) is 14.4. The molecule has 0 aromatic heterocycles. The highest BCUT2D eigenvalue weighted by atomic mass is 32.2. The average Bonchev–Trinajstić information content (AvgIpc) is 3.13. The van der Waals surface area contributed by atoms with Crippen molar-refractivity contribution in [3.05, 3.63) is 29.8 Å². The summed E-state index contributed by atoms with van der Waals surface area (Å²) in [6.07, 6.45) is 4.81. The number of aryl methyl sites for hydroxylation is 1. The monoisotopic (exact) mass is 348 g/mol. The van der Waals surface area contributed by atoms with Gasteiger partial charge in [0.25, 0.3) is 0 Å². The number of nitrogens with one attached hydrogen (secondary N) is 2. The smallest absolute Gasteiger partial charge is 0.234 e. The minimum absolute atomic E-state index is 0.0151. The van der Waals surface area contributed by atoms with Gasteiger partial charge in [-0.05, 0) is 30.9 Å². The first-order valence-electron chi connectivity index (χ1n) is 8.41. The van der Waals surface area contributed by atoms with Gasteiger partial charge in [-0.15, -0.1) is 0 Å². The van der Waals surface area contributed by atoms with Gasteiger partial charge in [0.05, 0.1) is 12.3 Å². The molecule has 1 aromatic carbocycles. The Kier molecular flexibility index (Phi) is 7.31. The van der Waals surface area contributed by atoms with Crippen molar-refractivity contribution in [2.24, 2.45) is 5.92 Å². The molecule has 1 aliphatic rings. The molecule has 0 spiro atoms. The van der Waals surface area contributed by atoms with Crippen molar-refractivity contribution >= 4 is 34.4 Å². The van der Waals surface area contributed by atoms with E-state index in [-0.39, 0.29) is 35.1 Å². The van der Waals surface area contributed by atoms with Crippen molar-refractivity contribution < 1.29 is 14.4 Å². The van der Waals surface area contributed by atoms with E-state index in [2.05, 4.69) is 10.6 Å². The number of amides is 2. The molecule has 0 heterocycles. The average molecular weight is 348 g/mol. The third-order valence-corrected chi connectivity index (χ3v) is 5.04. The lowest BCUT2D eigenvalue weighted by Gasteiger charge is -2.10. The van der Waals surface area contributed by atoms with Gasteiger partial charge in [-0.25, -0.2) is 0 Å². The topological polar surface area (TPSA) is 75.3 Å². The molecule has 1 fully saturated rings. The van der Waals surface area contributed by atoms with Crippen molar-refractivity contribution in [1.82, 2.24) is 5.32 Å². The fraction of sp³-hybridized carbons (Fsp3) is 0.500. The van der Waals surface area contributed by atoms with E-state index in [4.69, 9.17) is 0 Å². The predicted octanol–water partition coefficient (Wildman–Crippen LogP) is 2.75. The second kappa shape index (κ2) is 9.47. The van der Waals surface area contributed by atoms with Crippen molar-refractivity contribution in [3.8, 4) is 0 Å². The zero-order chi connectivity index (χ0) is 17.4. The van der Waals surface area contributed by atoms with Gasteiger partial charge in [0.2, 0.25) is 16.9 Å². The SMILES string of the molecule is CCc1ccccc1NC(=O)CSC(=O)CNC(=O)C1CCCC1. The molecule has 6 heteroatoms. The molecule has 130 valence electrons. The van der Waals surface area contributed by atoms with Crippen LogP contribution in [0.4, 0.5) is 5.69 Å². The summed E-state index contributed by atoms with van der Waals surface area (Å²) in [7, 11) is 0. The Hall–Kier alpha value is -1.82. The third kappa shape index (κ3) is 5.67. The van der Waals surface area contributed by atoms with E-state index in [0.29, 0.717) is 0 Å². The van der Waals surface area contributed by atoms with Crippen LogP contribution in [0.25, 0.3) is 0 Å². The van der Waals surface area contributed by atoms with Gasteiger partial charge in [0, 0.05) is 11.6 Å². The van der Waals surface area contributed by atoms with E-state index in [9.17, 15) is 14.4 Å². The third-order valence-electron chi connectivity index (χ3n) is 4.17. The quantitative estimate of drug-likeness (QED) is 0.794. The maximum absolute atomic E-state index is 12.0. The molecule has 1 aromatic rings. The van der Waals surface area contributed by atoms with E-state index < -0.39 is 0 Å². The molecule has 0 atom stereocenters. The van der Waals surface area contributed by atoms with E-state index in [0.717, 1.165) is 55.1 Å². The fourth-order valence-electron chi connectivity index (χ4n) is 2.83. The van der Waals surface area contributed by atoms with Gasteiger partial charge in [0.15, 0.2) is 0 Å². The van der Waals surface area contributed by atoms with Gasteiger partial charge in [-0.2, -0.15) is 0 Å². The number of benzene rings is 1. The number of hydrogen-bond donors (Lipinski definition) is 2. The highest BCUT2D eigenvalue weighted by molar-refractivity contribution is 8.14. The largest absolute Gasteiger partial charge is 0.348 e. The van der Waals surface area contributed by atoms with Crippen molar-refractivity contribution in [1.29, 1.82) is 0 Å². The van der Waals surface area contributed by atoms with Gasteiger partial charge >= 0.3 is 0 Å². The zero-order valence-corrected chi connectivity index (χ0v) is 14.8. The van der Waals surface area contributed by atoms with E-state index in [1.54, 1.807) is 0 Å². The Morgan fingerprint density at radius 1 is 1.17 bits per heavy atom. The molecule has 0 radical (unpaired) electrons. The van der Waals surface area contributed by atoms with Gasteiger partial charge in [-0.3, -0.25) is 14.4 Å². The summed E-state index contributed by atoms with van der Waals surface area (Å²) < 4.78 is 0. The minimum Gasteiger partial charge on any atom is -0.348 e. The summed E-state index contributed by atoms with van der Waals surface area (Å²) >= 11 is 0.936. The number of carbonyl (C=O) groups excluding carboxylic acids is 3. The van der Waals surface area contributed by atoms with Crippen LogP contribution in [0.3, 0.4) is 0 Å². The lowest BCUT2D eigenvalue weighted by atomic mass is 10.1. The maximum atomic E-state index is 12.0. The number of anilines is 1. The molecule has 0 unspecified atom stereocenters. The highest BCUT2D eigenvalue weighted by Crippen LogP contribution is 2.24. The summed E-state index contributed by atoms with van der Waals surface area (Å²) in [6, 6.07) is 7.61. The van der Waals surface area contributed by atoms with Crippen LogP contribution in [0.2, 0.25) is 0 Å². The Labute approximate surface area is 147 Å². The molecule has 2 rings (SSSR count). The molecule has 0 aliphatic heterocycles. The van der Waals surface area contributed by atoms with Crippen LogP contribution < -0.4 is 10.6 Å². The molecule has 1 saturated carbocycles. The minimum atomic E-state index is -0.212. The fourth-order valence-corrected chi connectivity index (χ4v) is 3.36. The summed E-state index contributed by atoms with van der Waals surface area (Å²) in [5, 5.41) is 5.31. The lowest BCUT2D eigenvalue weighted by molar-refractivity contribution is -0.126. The second-order valence-corrected chi connectivity index (χ2v) is 6.95. The van der Waals surface area contributed by atoms with Crippen LogP contribution >= 0.6 is 11.8 Å². The second-order valence-electron chi connectivity index (χ2n) is 5.92. The number of thioether (sulfide) groups is 1. The summed E-state index contributed by atoms with van der Waals surface area (Å²) in [4.78, 5) is 35.6. The standard InChI is InChI=1S/C18H24N2O3S/c1-2-13-7-5-6-10-15(13)20-16(21)12-24-17(22)11-19-18(23)14-8-3-4-9-14/h5-7,10,14H,2-4,8-9,11-12H2,1H3,(H,19,23)(H,20,21). The first-order chi connectivity index (χ1) is 11.6. The van der Waals surface area contributed by atoms with E-state index in [1.165, 1.54) is 0 Å². The highest BCUT2D eigenvalue weighted by Gasteiger charge is 2.22. The molecular formula is C18H24N2O3S. The van der Waals surface area contributed by atoms with Gasteiger partial charge in [0.1, 0.15) is 0 Å². The van der Waals surface area contributed by atoms with Crippen LogP contribution in [0.5, 0.6) is 0 Å². The van der Waals surface area contributed by atoms with Gasteiger partial charge in [-0.1, -0.05) is 49.7 Å². The predicted molar refractivity (Wildman–Crippen MR) is 96.9 cm³/mol. The van der Waals surface area contributed by atoms with Crippen molar-refractivity contribution in [2.45, 2.75) is 39.0 Å². The Morgan fingerprint density at radius 2 is 1.88 bits per heavy atom. The first kappa shape index (κ1) is 18.5. The Balaban J connectivity index is 1.69. The molecular weight excluding hydrogens is 324 g/mol. The number of hydrogen-bond acceptors (Lipinski definition) is 4. The van der Waals surface area contributed by atoms with Crippen LogP contribution in [0, 0.1) is 5.92 Å². The Bertz CT molecular complexity index is 598. The lowest BCUT2D eigenvalue weighted by Crippen LogP contribution is -2.33. The van der Waals surface area contributed by atoms with E-state index in [1.807, 2.05) is 31.2 Å². The molecule has 2 N–H and O–H groups in total. The molecule has 24 heavy (non-hydrogen) atoms. The maximum Gasteiger partial charge on any atom is 0.234 e. The molecule has 2 amide bonds. The molecule has 5 nitrogen and oxygen atoms in total. The summed E-state index contributed by atoms with van der Waals surface area (Å²) in [5.41, 5.74) is 1.85. The van der Waals surface area contributed by atoms with E-state index >= 15 is 0 Å². The molecule has 0 saturated heterocycles. The van der Waals surface area contributed by atoms with Crippen molar-refractivity contribution in [3.63, 3.8) is 0 Å². The molecule has 0 bridgehead atoms. The zero-order valence-electron chi connectivity index (χ0n) is 14.0. The number of carbonyl (C=O) groups is 3. The summed E-state index contributed by atoms with van der Waals surface area (Å²) in [6.45, 7) is 2.01. The van der Waals surface area contributed by atoms with Crippen molar-refractivity contribution in [2.75, 3.05) is 17.6 Å². The van der Waals surface area contributed by atoms with Crippen LogP contribution in [0.15, 0.2) is 24.3 Å². The Morgan fingerprint density at radius 3 is 2.58 bits per heavy atom. The number of para-hydroxylation sites is 1. The van der Waals surface area contributed by atoms with Crippen LogP contribution in [-0.2, 0) is 20.8 Å². The molecule has 1 aliphatic carbocycles.